The van der Waals surface area contributed by atoms with Gasteiger partial charge in [0.2, 0.25) is 0 Å². The number of nitrogens with one attached hydrogen (secondary N) is 1. The van der Waals surface area contributed by atoms with Crippen molar-refractivity contribution in [3.05, 3.63) is 65.0 Å². The summed E-state index contributed by atoms with van der Waals surface area (Å²) in [6.45, 7) is 2.54. The second-order valence-electron chi connectivity index (χ2n) is 5.52. The number of carbonyl (C=O) groups excluding carboxylic acids is 1. The fourth-order valence-corrected chi connectivity index (χ4v) is 2.37. The largest absolute Gasteiger partial charge is 0.490 e. The zero-order valence-electron chi connectivity index (χ0n) is 14.6. The van der Waals surface area contributed by atoms with Crippen LogP contribution >= 0.6 is 0 Å². The second kappa shape index (κ2) is 9.36. The maximum absolute atomic E-state index is 13.2. The second-order valence-corrected chi connectivity index (χ2v) is 5.52. The summed E-state index contributed by atoms with van der Waals surface area (Å²) in [5.41, 5.74) is -1.17. The van der Waals surface area contributed by atoms with Crippen LogP contribution in [0.25, 0.3) is 0 Å². The summed E-state index contributed by atoms with van der Waals surface area (Å²) in [4.78, 5) is 12.4. The molecule has 0 heterocycles. The molecular weight excluding hydrogens is 366 g/mol. The first-order valence-corrected chi connectivity index (χ1v) is 8.26. The fourth-order valence-electron chi connectivity index (χ4n) is 2.37. The van der Waals surface area contributed by atoms with Crippen LogP contribution in [0.15, 0.2) is 42.5 Å². The Balaban J connectivity index is 2.09. The van der Waals surface area contributed by atoms with Gasteiger partial charge in [0.05, 0.1) is 17.7 Å². The lowest BCUT2D eigenvalue weighted by Crippen LogP contribution is -2.25. The van der Waals surface area contributed by atoms with E-state index in [9.17, 15) is 22.4 Å². The first-order chi connectivity index (χ1) is 12.8. The minimum absolute atomic E-state index is 0.185. The van der Waals surface area contributed by atoms with Crippen molar-refractivity contribution in [2.75, 3.05) is 19.8 Å². The van der Waals surface area contributed by atoms with Crippen LogP contribution in [-0.4, -0.2) is 25.7 Å². The third-order valence-electron chi connectivity index (χ3n) is 3.64. The lowest BCUT2D eigenvalue weighted by Gasteiger charge is -2.15. The van der Waals surface area contributed by atoms with Crippen LogP contribution in [0.2, 0.25) is 0 Å². The number of rotatable bonds is 8. The molecule has 146 valence electrons. The van der Waals surface area contributed by atoms with Gasteiger partial charge in [-0.15, -0.1) is 0 Å². The quantitative estimate of drug-likeness (QED) is 0.548. The van der Waals surface area contributed by atoms with Crippen LogP contribution in [0.3, 0.4) is 0 Å². The van der Waals surface area contributed by atoms with Gasteiger partial charge in [0.25, 0.3) is 5.91 Å². The zero-order valence-corrected chi connectivity index (χ0v) is 14.6. The van der Waals surface area contributed by atoms with Gasteiger partial charge >= 0.3 is 6.18 Å². The molecule has 1 N–H and O–H groups in total. The highest BCUT2D eigenvalue weighted by Crippen LogP contribution is 2.32. The van der Waals surface area contributed by atoms with Crippen LogP contribution in [-0.2, 0) is 17.5 Å². The molecule has 0 aliphatic heterocycles. The number of hydrogen-bond donors (Lipinski definition) is 1. The summed E-state index contributed by atoms with van der Waals surface area (Å²) >= 11 is 0. The van der Waals surface area contributed by atoms with Crippen molar-refractivity contribution in [2.45, 2.75) is 19.6 Å². The van der Waals surface area contributed by atoms with Gasteiger partial charge in [0.1, 0.15) is 18.2 Å². The highest BCUT2D eigenvalue weighted by molar-refractivity contribution is 5.96. The Kier molecular flexibility index (Phi) is 7.18. The standard InChI is InChI=1S/C19H19F4NO3/c1-2-26-9-10-27-17-6-4-3-5-15(17)18(25)24-12-13-7-8-14(20)11-16(13)19(21,22)23/h3-8,11H,2,9-10,12H2,1H3,(H,24,25). The summed E-state index contributed by atoms with van der Waals surface area (Å²) in [6.07, 6.45) is -4.72. The predicted octanol–water partition coefficient (Wildman–Crippen LogP) is 4.19. The molecule has 0 unspecified atom stereocenters. The average molecular weight is 385 g/mol. The van der Waals surface area contributed by atoms with E-state index in [1.807, 2.05) is 6.92 Å². The average Bonchev–Trinajstić information content (AvgIpc) is 2.63. The summed E-state index contributed by atoms with van der Waals surface area (Å²) in [6, 6.07) is 8.70. The first-order valence-electron chi connectivity index (χ1n) is 8.26. The van der Waals surface area contributed by atoms with Crippen molar-refractivity contribution in [1.82, 2.24) is 5.32 Å². The Hall–Kier alpha value is -2.61. The van der Waals surface area contributed by atoms with E-state index in [0.717, 1.165) is 12.1 Å². The lowest BCUT2D eigenvalue weighted by atomic mass is 10.1. The van der Waals surface area contributed by atoms with Crippen LogP contribution in [0.5, 0.6) is 5.75 Å². The molecule has 1 amide bonds. The van der Waals surface area contributed by atoms with Crippen LogP contribution in [0, 0.1) is 5.82 Å². The van der Waals surface area contributed by atoms with E-state index in [4.69, 9.17) is 9.47 Å². The number of amides is 1. The molecule has 4 nitrogen and oxygen atoms in total. The maximum Gasteiger partial charge on any atom is 0.416 e. The van der Waals surface area contributed by atoms with Crippen molar-refractivity contribution in [3.8, 4) is 5.75 Å². The SMILES string of the molecule is CCOCCOc1ccccc1C(=O)NCc1ccc(F)cc1C(F)(F)F. The van der Waals surface area contributed by atoms with Crippen LogP contribution in [0.1, 0.15) is 28.4 Å². The minimum atomic E-state index is -4.72. The third kappa shape index (κ3) is 5.96. The number of ether oxygens (including phenoxy) is 2. The number of halogens is 4. The van der Waals surface area contributed by atoms with E-state index in [1.54, 1.807) is 18.2 Å². The molecule has 2 aromatic rings. The Morgan fingerprint density at radius 3 is 2.56 bits per heavy atom. The maximum atomic E-state index is 13.2. The number of alkyl halides is 3. The molecule has 0 spiro atoms. The minimum Gasteiger partial charge on any atom is -0.490 e. The van der Waals surface area contributed by atoms with Crippen molar-refractivity contribution < 1.29 is 31.8 Å². The van der Waals surface area contributed by atoms with Crippen molar-refractivity contribution >= 4 is 5.91 Å². The topological polar surface area (TPSA) is 47.6 Å². The Morgan fingerprint density at radius 2 is 1.85 bits per heavy atom. The molecule has 2 aromatic carbocycles. The summed E-state index contributed by atoms with van der Waals surface area (Å²) in [5, 5.41) is 2.42. The molecule has 2 rings (SSSR count). The molecule has 0 saturated carbocycles. The predicted molar refractivity (Wildman–Crippen MR) is 91.0 cm³/mol. The van der Waals surface area contributed by atoms with Gasteiger partial charge in [-0.25, -0.2) is 4.39 Å². The Morgan fingerprint density at radius 1 is 1.11 bits per heavy atom. The Bertz CT molecular complexity index is 778. The molecule has 0 aliphatic carbocycles. The smallest absolute Gasteiger partial charge is 0.416 e. The Labute approximate surface area is 154 Å². The van der Waals surface area contributed by atoms with E-state index >= 15 is 0 Å². The molecule has 0 saturated heterocycles. The van der Waals surface area contributed by atoms with Crippen LogP contribution in [0.4, 0.5) is 17.6 Å². The lowest BCUT2D eigenvalue weighted by molar-refractivity contribution is -0.138. The van der Waals surface area contributed by atoms with E-state index in [1.165, 1.54) is 6.07 Å². The number of benzene rings is 2. The number of para-hydroxylation sites is 1. The van der Waals surface area contributed by atoms with Gasteiger partial charge < -0.3 is 14.8 Å². The van der Waals surface area contributed by atoms with E-state index in [0.29, 0.717) is 25.0 Å². The molecule has 27 heavy (non-hydrogen) atoms. The van der Waals surface area contributed by atoms with Gasteiger partial charge in [0.15, 0.2) is 0 Å². The van der Waals surface area contributed by atoms with Gasteiger partial charge in [-0.2, -0.15) is 13.2 Å². The van der Waals surface area contributed by atoms with Crippen LogP contribution < -0.4 is 10.1 Å². The molecule has 0 radical (unpaired) electrons. The molecule has 0 aromatic heterocycles. The third-order valence-corrected chi connectivity index (χ3v) is 3.64. The van der Waals surface area contributed by atoms with Crippen molar-refractivity contribution in [1.29, 1.82) is 0 Å². The molecule has 0 bridgehead atoms. The molecular formula is C19H19F4NO3. The molecule has 0 atom stereocenters. The highest BCUT2D eigenvalue weighted by atomic mass is 19.4. The monoisotopic (exact) mass is 385 g/mol. The number of hydrogen-bond acceptors (Lipinski definition) is 3. The van der Waals surface area contributed by atoms with Crippen molar-refractivity contribution in [2.24, 2.45) is 0 Å². The van der Waals surface area contributed by atoms with E-state index in [2.05, 4.69) is 5.32 Å². The molecule has 8 heteroatoms. The fraction of sp³-hybridized carbons (Fsp3) is 0.316. The van der Waals surface area contributed by atoms with Crippen molar-refractivity contribution in [3.63, 3.8) is 0 Å². The van der Waals surface area contributed by atoms with Gasteiger partial charge in [-0.3, -0.25) is 4.79 Å². The van der Waals surface area contributed by atoms with E-state index < -0.39 is 30.0 Å². The summed E-state index contributed by atoms with van der Waals surface area (Å²) in [7, 11) is 0. The van der Waals surface area contributed by atoms with Gasteiger partial charge in [-0.05, 0) is 36.8 Å². The molecule has 0 fully saturated rings. The summed E-state index contributed by atoms with van der Waals surface area (Å²) in [5.74, 6) is -1.30. The highest BCUT2D eigenvalue weighted by Gasteiger charge is 2.33. The normalized spacial score (nSPS) is 11.3. The van der Waals surface area contributed by atoms with Gasteiger partial charge in [-0.1, -0.05) is 18.2 Å². The van der Waals surface area contributed by atoms with Gasteiger partial charge in [0, 0.05) is 13.2 Å². The van der Waals surface area contributed by atoms with E-state index in [-0.39, 0.29) is 17.7 Å². The molecule has 0 aliphatic rings. The number of carbonyl (C=O) groups is 1. The first kappa shape index (κ1) is 20.7. The zero-order chi connectivity index (χ0) is 19.9. The summed E-state index contributed by atoms with van der Waals surface area (Å²) < 4.78 is 62.9.